The highest BCUT2D eigenvalue weighted by molar-refractivity contribution is 7.89. The predicted octanol–water partition coefficient (Wildman–Crippen LogP) is 3.87. The minimum Gasteiger partial charge on any atom is -0.437 e. The molecule has 2 unspecified atom stereocenters. The predicted molar refractivity (Wildman–Crippen MR) is 143 cm³/mol. The van der Waals surface area contributed by atoms with Gasteiger partial charge in [-0.2, -0.15) is 9.78 Å². The molecule has 1 saturated heterocycles. The number of hydrogen-bond acceptors (Lipinski definition) is 8. The molecule has 39 heavy (non-hydrogen) atoms. The second-order valence-electron chi connectivity index (χ2n) is 9.29. The van der Waals surface area contributed by atoms with Gasteiger partial charge in [0.05, 0.1) is 16.7 Å². The van der Waals surface area contributed by atoms with E-state index in [0.717, 1.165) is 25.0 Å². The first-order chi connectivity index (χ1) is 18.6. The molecule has 2 aromatic carbocycles. The van der Waals surface area contributed by atoms with E-state index in [2.05, 4.69) is 15.1 Å². The van der Waals surface area contributed by atoms with Gasteiger partial charge in [-0.1, -0.05) is 25.1 Å². The van der Waals surface area contributed by atoms with Crippen molar-refractivity contribution in [2.45, 2.75) is 57.1 Å². The Kier molecular flexibility index (Phi) is 8.63. The molecular weight excluding hydrogens is 526 g/mol. The Bertz CT molecular complexity index is 1450. The summed E-state index contributed by atoms with van der Waals surface area (Å²) >= 11 is 0. The van der Waals surface area contributed by atoms with Gasteiger partial charge >= 0.3 is 0 Å². The van der Waals surface area contributed by atoms with E-state index < -0.39 is 37.5 Å². The topological polar surface area (TPSA) is 155 Å². The van der Waals surface area contributed by atoms with Crippen LogP contribution < -0.4 is 14.8 Å². The van der Waals surface area contributed by atoms with Crippen LogP contribution in [0.5, 0.6) is 11.6 Å². The number of sulfonamides is 1. The van der Waals surface area contributed by atoms with Gasteiger partial charge in [0.25, 0.3) is 11.6 Å². The molecule has 2 atom stereocenters. The molecule has 1 aliphatic heterocycles. The van der Waals surface area contributed by atoms with E-state index in [1.165, 1.54) is 10.7 Å². The Labute approximate surface area is 226 Å². The monoisotopic (exact) mass is 557 g/mol. The molecule has 0 aliphatic carbocycles. The van der Waals surface area contributed by atoms with Crippen LogP contribution in [0.1, 0.15) is 49.2 Å². The quantitative estimate of drug-likeness (QED) is 0.266. The first kappa shape index (κ1) is 28.2. The summed E-state index contributed by atoms with van der Waals surface area (Å²) in [7, 11) is -4.20. The van der Waals surface area contributed by atoms with E-state index >= 15 is 0 Å². The van der Waals surface area contributed by atoms with Crippen molar-refractivity contribution < 1.29 is 27.6 Å². The molecule has 0 bridgehead atoms. The molecule has 2 heterocycles. The Balaban J connectivity index is 1.77. The Hall–Kier alpha value is -3.81. The van der Waals surface area contributed by atoms with Gasteiger partial charge in [-0.3, -0.25) is 14.9 Å². The number of carbonyl (C=O) groups is 1. The molecule has 0 saturated carbocycles. The summed E-state index contributed by atoms with van der Waals surface area (Å²) in [5.41, 5.74) is 0.614. The van der Waals surface area contributed by atoms with Crippen molar-refractivity contribution >= 4 is 21.6 Å². The maximum atomic E-state index is 13.2. The number of nitro benzene ring substituents is 1. The van der Waals surface area contributed by atoms with Crippen LogP contribution in [0.25, 0.3) is 5.69 Å². The number of rotatable bonds is 11. The number of ether oxygens (including phenoxy) is 2. The van der Waals surface area contributed by atoms with Gasteiger partial charge in [-0.05, 0) is 51.3 Å². The van der Waals surface area contributed by atoms with Crippen molar-refractivity contribution in [1.82, 2.24) is 19.8 Å². The summed E-state index contributed by atoms with van der Waals surface area (Å²) in [6.45, 7) is 6.13. The van der Waals surface area contributed by atoms with E-state index in [-0.39, 0.29) is 23.4 Å². The molecule has 208 valence electrons. The van der Waals surface area contributed by atoms with Crippen LogP contribution in [0.2, 0.25) is 0 Å². The zero-order valence-corrected chi connectivity index (χ0v) is 22.7. The minimum atomic E-state index is -4.20. The minimum absolute atomic E-state index is 0.0629. The molecule has 0 spiro atoms. The maximum absolute atomic E-state index is 13.2. The molecule has 0 radical (unpaired) electrons. The van der Waals surface area contributed by atoms with Crippen LogP contribution >= 0.6 is 0 Å². The maximum Gasteiger partial charge on any atom is 0.272 e. The number of para-hydroxylation sites is 1. The Morgan fingerprint density at radius 2 is 2.03 bits per heavy atom. The average Bonchev–Trinajstić information content (AvgIpc) is 3.56. The smallest absolute Gasteiger partial charge is 0.272 e. The number of hydrogen-bond donors (Lipinski definition) is 2. The number of aromatic nitrogens is 2. The lowest BCUT2D eigenvalue weighted by Crippen LogP contribution is -2.32. The third kappa shape index (κ3) is 6.44. The van der Waals surface area contributed by atoms with E-state index in [1.54, 1.807) is 38.1 Å². The molecule has 4 rings (SSSR count). The summed E-state index contributed by atoms with van der Waals surface area (Å²) in [6.07, 6.45) is 2.24. The Morgan fingerprint density at radius 1 is 1.28 bits per heavy atom. The summed E-state index contributed by atoms with van der Waals surface area (Å²) in [5.74, 6) is -0.488. The zero-order valence-electron chi connectivity index (χ0n) is 21.9. The first-order valence-electron chi connectivity index (χ1n) is 12.6. The van der Waals surface area contributed by atoms with Gasteiger partial charge in [0, 0.05) is 36.9 Å². The third-order valence-corrected chi connectivity index (χ3v) is 8.01. The summed E-state index contributed by atoms with van der Waals surface area (Å²) < 4.78 is 42.1. The molecule has 1 aromatic heterocycles. The first-order valence-corrected chi connectivity index (χ1v) is 14.1. The molecule has 2 N–H and O–H groups in total. The van der Waals surface area contributed by atoms with Crippen molar-refractivity contribution in [3.8, 4) is 17.3 Å². The van der Waals surface area contributed by atoms with Gasteiger partial charge in [-0.25, -0.2) is 13.1 Å². The van der Waals surface area contributed by atoms with Crippen LogP contribution in [0, 0.1) is 17.0 Å². The summed E-state index contributed by atoms with van der Waals surface area (Å²) in [4.78, 5) is 23.5. The van der Waals surface area contributed by atoms with E-state index in [4.69, 9.17) is 9.47 Å². The van der Waals surface area contributed by atoms with Crippen LogP contribution in [-0.2, 0) is 14.8 Å². The summed E-state index contributed by atoms with van der Waals surface area (Å²) in [6, 6.07) is 11.8. The van der Waals surface area contributed by atoms with Gasteiger partial charge in [-0.15, -0.1) is 0 Å². The number of benzene rings is 2. The van der Waals surface area contributed by atoms with Gasteiger partial charge in [0.2, 0.25) is 15.9 Å². The summed E-state index contributed by atoms with van der Waals surface area (Å²) in [5, 5.41) is 18.8. The third-order valence-electron chi connectivity index (χ3n) is 6.40. The van der Waals surface area contributed by atoms with Gasteiger partial charge in [0.15, 0.2) is 5.69 Å². The van der Waals surface area contributed by atoms with Gasteiger partial charge in [0.1, 0.15) is 10.6 Å². The second-order valence-corrected chi connectivity index (χ2v) is 11.0. The molecule has 13 heteroatoms. The van der Waals surface area contributed by atoms with Crippen molar-refractivity contribution in [1.29, 1.82) is 0 Å². The molecule has 12 nitrogen and oxygen atoms in total. The lowest BCUT2D eigenvalue weighted by Gasteiger charge is -2.16. The van der Waals surface area contributed by atoms with Gasteiger partial charge < -0.3 is 14.8 Å². The fourth-order valence-electron chi connectivity index (χ4n) is 4.08. The number of non-ortho nitro benzene ring substituents is 1. The number of carbonyl (C=O) groups excluding carboxylic acids is 1. The largest absolute Gasteiger partial charge is 0.437 e. The van der Waals surface area contributed by atoms with Crippen LogP contribution in [0.15, 0.2) is 53.4 Å². The standard InChI is InChI=1S/C26H31N5O7S/c1-4-17(2)29-39(35,36)23-15-20(31(33)34)12-13-22(23)38-26-18(3)24(25(32)27-16-21-11-8-14-37-21)28-30(26)19-9-6-5-7-10-19/h5-7,9-10,12-13,15,17,21,29H,4,8,11,14,16H2,1-3H3,(H,27,32). The number of amides is 1. The highest BCUT2D eigenvalue weighted by Gasteiger charge is 2.29. The highest BCUT2D eigenvalue weighted by Crippen LogP contribution is 2.35. The number of nitrogens with zero attached hydrogens (tertiary/aromatic N) is 3. The van der Waals surface area contributed by atoms with Crippen LogP contribution in [0.4, 0.5) is 5.69 Å². The van der Waals surface area contributed by atoms with E-state index in [0.29, 0.717) is 30.8 Å². The van der Waals surface area contributed by atoms with Crippen molar-refractivity contribution in [2.24, 2.45) is 0 Å². The van der Waals surface area contributed by atoms with Crippen LogP contribution in [-0.4, -0.2) is 54.3 Å². The van der Waals surface area contributed by atoms with E-state index in [9.17, 15) is 23.3 Å². The molecule has 1 fully saturated rings. The van der Waals surface area contributed by atoms with Crippen molar-refractivity contribution in [3.05, 3.63) is 69.9 Å². The average molecular weight is 558 g/mol. The van der Waals surface area contributed by atoms with Crippen molar-refractivity contribution in [2.75, 3.05) is 13.2 Å². The van der Waals surface area contributed by atoms with Crippen molar-refractivity contribution in [3.63, 3.8) is 0 Å². The lowest BCUT2D eigenvalue weighted by molar-refractivity contribution is -0.385. The normalized spacial score (nSPS) is 16.1. The van der Waals surface area contributed by atoms with E-state index in [1.807, 2.05) is 13.0 Å². The number of nitrogens with one attached hydrogen (secondary N) is 2. The molecular formula is C26H31N5O7S. The molecule has 3 aromatic rings. The lowest BCUT2D eigenvalue weighted by atomic mass is 10.2. The van der Waals surface area contributed by atoms with Crippen LogP contribution in [0.3, 0.4) is 0 Å². The second kappa shape index (κ2) is 11.9. The highest BCUT2D eigenvalue weighted by atomic mass is 32.2. The fraction of sp³-hybridized carbons (Fsp3) is 0.385. The Morgan fingerprint density at radius 3 is 2.67 bits per heavy atom. The molecule has 1 aliphatic rings. The SMILES string of the molecule is CCC(C)NS(=O)(=O)c1cc([N+](=O)[O-])ccc1Oc1c(C)c(C(=O)NCC2CCCO2)nn1-c1ccccc1. The zero-order chi connectivity index (χ0) is 28.2. The molecule has 1 amide bonds. The fourth-order valence-corrected chi connectivity index (χ4v) is 5.55. The number of nitro groups is 1.